The summed E-state index contributed by atoms with van der Waals surface area (Å²) in [6, 6.07) is 0. The molecule has 2 rings (SSSR count). The van der Waals surface area contributed by atoms with Crippen molar-refractivity contribution < 1.29 is 9.53 Å². The summed E-state index contributed by atoms with van der Waals surface area (Å²) in [7, 11) is 3.51. The second-order valence-corrected chi connectivity index (χ2v) is 4.54. The lowest BCUT2D eigenvalue weighted by molar-refractivity contribution is 0.0821. The lowest BCUT2D eigenvalue weighted by atomic mass is 10.1. The summed E-state index contributed by atoms with van der Waals surface area (Å²) in [6.45, 7) is 2.02. The van der Waals surface area contributed by atoms with E-state index in [1.165, 1.54) is 0 Å². The smallest absolute Gasteiger partial charge is 0.257 e. The zero-order valence-corrected chi connectivity index (χ0v) is 10.6. The Morgan fingerprint density at radius 3 is 2.71 bits per heavy atom. The third kappa shape index (κ3) is 2.57. The van der Waals surface area contributed by atoms with E-state index in [-0.39, 0.29) is 12.0 Å². The second kappa shape index (κ2) is 4.73. The molecule has 1 fully saturated rings. The Bertz CT molecular complexity index is 425. The Labute approximate surface area is 102 Å². The molecule has 92 valence electrons. The van der Waals surface area contributed by atoms with Crippen LogP contribution in [0.2, 0.25) is 0 Å². The van der Waals surface area contributed by atoms with Gasteiger partial charge in [0.25, 0.3) is 5.91 Å². The zero-order valence-electron chi connectivity index (χ0n) is 10.6. The van der Waals surface area contributed by atoms with Crippen molar-refractivity contribution in [2.24, 2.45) is 0 Å². The first kappa shape index (κ1) is 11.9. The van der Waals surface area contributed by atoms with Crippen molar-refractivity contribution in [1.29, 1.82) is 0 Å². The molecular weight excluding hydrogens is 216 g/mol. The molecule has 0 atom stereocenters. The van der Waals surface area contributed by atoms with Gasteiger partial charge in [-0.25, -0.2) is 0 Å². The third-order valence-electron chi connectivity index (χ3n) is 2.81. The van der Waals surface area contributed by atoms with Crippen molar-refractivity contribution in [2.45, 2.75) is 32.3 Å². The van der Waals surface area contributed by atoms with Crippen molar-refractivity contribution in [3.05, 3.63) is 23.5 Å². The van der Waals surface area contributed by atoms with Gasteiger partial charge in [-0.3, -0.25) is 9.78 Å². The molecule has 4 heteroatoms. The van der Waals surface area contributed by atoms with E-state index in [0.717, 1.165) is 24.8 Å². The fraction of sp³-hybridized carbons (Fsp3) is 0.538. The Hall–Kier alpha value is -1.58. The molecule has 0 aromatic carbocycles. The SMILES string of the molecule is CCc1cncc(OC2CC2)c1C(=O)N(C)C. The van der Waals surface area contributed by atoms with Crippen LogP contribution in [-0.4, -0.2) is 36.0 Å². The lowest BCUT2D eigenvalue weighted by Gasteiger charge is -2.17. The number of hydrogen-bond donors (Lipinski definition) is 0. The molecule has 1 saturated carbocycles. The number of ether oxygens (including phenoxy) is 1. The average molecular weight is 234 g/mol. The van der Waals surface area contributed by atoms with Crippen LogP contribution < -0.4 is 4.74 Å². The molecule has 1 aliphatic rings. The fourth-order valence-electron chi connectivity index (χ4n) is 1.67. The number of aromatic nitrogens is 1. The van der Waals surface area contributed by atoms with Gasteiger partial charge < -0.3 is 9.64 Å². The van der Waals surface area contributed by atoms with Gasteiger partial charge in [0.1, 0.15) is 0 Å². The Morgan fingerprint density at radius 2 is 2.18 bits per heavy atom. The molecule has 0 N–H and O–H groups in total. The number of nitrogens with zero attached hydrogens (tertiary/aromatic N) is 2. The van der Waals surface area contributed by atoms with Crippen LogP contribution in [0.25, 0.3) is 0 Å². The maximum Gasteiger partial charge on any atom is 0.257 e. The van der Waals surface area contributed by atoms with Crippen LogP contribution in [-0.2, 0) is 6.42 Å². The van der Waals surface area contributed by atoms with Crippen LogP contribution in [0.15, 0.2) is 12.4 Å². The van der Waals surface area contributed by atoms with Crippen LogP contribution in [0, 0.1) is 0 Å². The van der Waals surface area contributed by atoms with Gasteiger partial charge in [-0.05, 0) is 24.8 Å². The molecule has 1 aromatic rings. The van der Waals surface area contributed by atoms with E-state index in [1.807, 2.05) is 6.92 Å². The summed E-state index contributed by atoms with van der Waals surface area (Å²) in [5.74, 6) is 0.616. The van der Waals surface area contributed by atoms with Crippen LogP contribution >= 0.6 is 0 Å². The molecule has 17 heavy (non-hydrogen) atoms. The first-order valence-corrected chi connectivity index (χ1v) is 5.98. The van der Waals surface area contributed by atoms with Gasteiger partial charge in [0.2, 0.25) is 0 Å². The summed E-state index contributed by atoms with van der Waals surface area (Å²) in [6.07, 6.45) is 6.60. The van der Waals surface area contributed by atoms with E-state index in [0.29, 0.717) is 11.3 Å². The standard InChI is InChI=1S/C13H18N2O2/c1-4-9-7-14-8-11(17-10-5-6-10)12(9)13(16)15(2)3/h7-8,10H,4-6H2,1-3H3. The van der Waals surface area contributed by atoms with Crippen LogP contribution in [0.4, 0.5) is 0 Å². The first-order chi connectivity index (χ1) is 8.13. The molecule has 0 bridgehead atoms. The highest BCUT2D eigenvalue weighted by atomic mass is 16.5. The van der Waals surface area contributed by atoms with Crippen LogP contribution in [0.5, 0.6) is 5.75 Å². The molecule has 0 aliphatic heterocycles. The van der Waals surface area contributed by atoms with Gasteiger partial charge in [0.05, 0.1) is 17.9 Å². The summed E-state index contributed by atoms with van der Waals surface area (Å²) in [5.41, 5.74) is 1.61. The van der Waals surface area contributed by atoms with Gasteiger partial charge >= 0.3 is 0 Å². The maximum absolute atomic E-state index is 12.2. The number of pyridine rings is 1. The predicted octanol–water partition coefficient (Wildman–Crippen LogP) is 1.89. The van der Waals surface area contributed by atoms with Crippen molar-refractivity contribution in [2.75, 3.05) is 14.1 Å². The number of hydrogen-bond acceptors (Lipinski definition) is 3. The minimum absolute atomic E-state index is 0.0140. The van der Waals surface area contributed by atoms with Crippen molar-refractivity contribution >= 4 is 5.91 Å². The largest absolute Gasteiger partial charge is 0.488 e. The average Bonchev–Trinajstić information content (AvgIpc) is 3.11. The van der Waals surface area contributed by atoms with Gasteiger partial charge in [-0.1, -0.05) is 6.92 Å². The summed E-state index contributed by atoms with van der Waals surface area (Å²) in [5, 5.41) is 0. The van der Waals surface area contributed by atoms with Gasteiger partial charge in [-0.2, -0.15) is 0 Å². The van der Waals surface area contributed by atoms with E-state index in [9.17, 15) is 4.79 Å². The number of carbonyl (C=O) groups excluding carboxylic acids is 1. The Balaban J connectivity index is 2.38. The van der Waals surface area contributed by atoms with Gasteiger partial charge in [0, 0.05) is 20.3 Å². The summed E-state index contributed by atoms with van der Waals surface area (Å²) < 4.78 is 5.76. The second-order valence-electron chi connectivity index (χ2n) is 4.54. The topological polar surface area (TPSA) is 42.4 Å². The minimum Gasteiger partial charge on any atom is -0.488 e. The maximum atomic E-state index is 12.2. The summed E-state index contributed by atoms with van der Waals surface area (Å²) in [4.78, 5) is 17.9. The number of carbonyl (C=O) groups is 1. The van der Waals surface area contributed by atoms with E-state index in [4.69, 9.17) is 4.74 Å². The monoisotopic (exact) mass is 234 g/mol. The highest BCUT2D eigenvalue weighted by molar-refractivity contribution is 5.98. The van der Waals surface area contributed by atoms with Gasteiger partial charge in [0.15, 0.2) is 5.75 Å². The molecular formula is C13H18N2O2. The highest BCUT2D eigenvalue weighted by Crippen LogP contribution is 2.30. The minimum atomic E-state index is -0.0140. The van der Waals surface area contributed by atoms with E-state index in [2.05, 4.69) is 4.98 Å². The van der Waals surface area contributed by atoms with E-state index in [1.54, 1.807) is 31.4 Å². The fourth-order valence-corrected chi connectivity index (χ4v) is 1.67. The van der Waals surface area contributed by atoms with Crippen molar-refractivity contribution in [3.8, 4) is 5.75 Å². The van der Waals surface area contributed by atoms with Crippen molar-refractivity contribution in [3.63, 3.8) is 0 Å². The molecule has 4 nitrogen and oxygen atoms in total. The van der Waals surface area contributed by atoms with Crippen molar-refractivity contribution in [1.82, 2.24) is 9.88 Å². The number of aryl methyl sites for hydroxylation is 1. The quantitative estimate of drug-likeness (QED) is 0.799. The first-order valence-electron chi connectivity index (χ1n) is 5.98. The zero-order chi connectivity index (χ0) is 12.4. The predicted molar refractivity (Wildman–Crippen MR) is 65.3 cm³/mol. The van der Waals surface area contributed by atoms with Crippen LogP contribution in [0.3, 0.4) is 0 Å². The summed E-state index contributed by atoms with van der Waals surface area (Å²) >= 11 is 0. The normalized spacial score (nSPS) is 14.5. The highest BCUT2D eigenvalue weighted by Gasteiger charge is 2.27. The Kier molecular flexibility index (Phi) is 3.31. The molecule has 1 aliphatic carbocycles. The molecule has 0 unspecified atom stereocenters. The number of amides is 1. The molecule has 1 aromatic heterocycles. The molecule has 1 heterocycles. The lowest BCUT2D eigenvalue weighted by Crippen LogP contribution is -2.24. The van der Waals surface area contributed by atoms with Crippen LogP contribution in [0.1, 0.15) is 35.7 Å². The molecule has 0 saturated heterocycles. The molecule has 1 amide bonds. The van der Waals surface area contributed by atoms with E-state index >= 15 is 0 Å². The number of rotatable bonds is 4. The molecule has 0 spiro atoms. The van der Waals surface area contributed by atoms with E-state index < -0.39 is 0 Å². The third-order valence-corrected chi connectivity index (χ3v) is 2.81. The Morgan fingerprint density at radius 1 is 1.47 bits per heavy atom. The van der Waals surface area contributed by atoms with Gasteiger partial charge in [-0.15, -0.1) is 0 Å². The molecule has 0 radical (unpaired) electrons.